The van der Waals surface area contributed by atoms with Gasteiger partial charge in [0.15, 0.2) is 0 Å². The molecule has 1 atom stereocenters. The first-order valence-corrected chi connectivity index (χ1v) is 8.00. The first-order chi connectivity index (χ1) is 10.3. The monoisotopic (exact) mass is 302 g/mol. The van der Waals surface area contributed by atoms with E-state index in [1.54, 1.807) is 0 Å². The van der Waals surface area contributed by atoms with Gasteiger partial charge in [0.2, 0.25) is 0 Å². The van der Waals surface area contributed by atoms with E-state index in [2.05, 4.69) is 16.7 Å². The molecule has 1 amide bonds. The van der Waals surface area contributed by atoms with Crippen molar-refractivity contribution in [3.05, 3.63) is 57.3 Å². The Morgan fingerprint density at radius 2 is 2.33 bits per heavy atom. The van der Waals surface area contributed by atoms with Crippen molar-refractivity contribution in [2.24, 2.45) is 0 Å². The average molecular weight is 302 g/mol. The third kappa shape index (κ3) is 3.15. The van der Waals surface area contributed by atoms with Gasteiger partial charge in [-0.3, -0.25) is 4.79 Å². The lowest BCUT2D eigenvalue weighted by molar-refractivity contribution is 0.0915. The van der Waals surface area contributed by atoms with Crippen molar-refractivity contribution in [3.63, 3.8) is 0 Å². The van der Waals surface area contributed by atoms with Crippen molar-refractivity contribution in [1.82, 2.24) is 10.6 Å². The van der Waals surface area contributed by atoms with E-state index in [-0.39, 0.29) is 12.5 Å². The van der Waals surface area contributed by atoms with Crippen LogP contribution in [0.5, 0.6) is 0 Å². The van der Waals surface area contributed by atoms with E-state index in [1.165, 1.54) is 16.9 Å². The van der Waals surface area contributed by atoms with Crippen LogP contribution in [0.15, 0.2) is 35.0 Å². The Hall–Kier alpha value is -1.69. The fourth-order valence-electron chi connectivity index (χ4n) is 2.61. The highest BCUT2D eigenvalue weighted by Gasteiger charge is 2.18. The number of benzene rings is 1. The van der Waals surface area contributed by atoms with Gasteiger partial charge in [0, 0.05) is 18.7 Å². The molecule has 4 nitrogen and oxygen atoms in total. The van der Waals surface area contributed by atoms with Gasteiger partial charge in [0.25, 0.3) is 5.91 Å². The molecule has 1 aliphatic heterocycles. The number of nitrogens with one attached hydrogen (secondary N) is 2. The highest BCUT2D eigenvalue weighted by molar-refractivity contribution is 7.07. The van der Waals surface area contributed by atoms with Crippen LogP contribution in [0.2, 0.25) is 0 Å². The summed E-state index contributed by atoms with van der Waals surface area (Å²) in [5.74, 6) is -0.108. The summed E-state index contributed by atoms with van der Waals surface area (Å²) in [6, 6.07) is 7.70. The second-order valence-corrected chi connectivity index (χ2v) is 5.93. The highest BCUT2D eigenvalue weighted by atomic mass is 32.1. The highest BCUT2D eigenvalue weighted by Crippen LogP contribution is 2.19. The molecule has 0 saturated heterocycles. The molecule has 1 unspecified atom stereocenters. The van der Waals surface area contributed by atoms with Gasteiger partial charge in [-0.2, -0.15) is 11.3 Å². The number of rotatable bonds is 4. The molecule has 0 fully saturated rings. The third-order valence-corrected chi connectivity index (χ3v) is 4.47. The quantitative estimate of drug-likeness (QED) is 0.808. The summed E-state index contributed by atoms with van der Waals surface area (Å²) >= 11 is 1.54. The Labute approximate surface area is 127 Å². The molecule has 5 heteroatoms. The lowest BCUT2D eigenvalue weighted by atomic mass is 9.95. The standard InChI is InChI=1S/C16H18N2O2S/c19-15(12-5-7-21-10-12)9-18-16(20)14-3-1-2-11-8-17-6-4-13(11)14/h1-3,5,7,10,15,17,19H,4,6,8-9H2,(H,18,20). The number of thiophene rings is 1. The van der Waals surface area contributed by atoms with Crippen LogP contribution in [0.25, 0.3) is 0 Å². The second kappa shape index (κ2) is 6.39. The molecule has 2 aromatic rings. The van der Waals surface area contributed by atoms with Gasteiger partial charge in [-0.1, -0.05) is 12.1 Å². The number of aliphatic hydroxyl groups excluding tert-OH is 1. The molecule has 0 radical (unpaired) electrons. The van der Waals surface area contributed by atoms with Crippen LogP contribution in [0.1, 0.15) is 33.2 Å². The van der Waals surface area contributed by atoms with E-state index in [4.69, 9.17) is 0 Å². The van der Waals surface area contributed by atoms with Crippen molar-refractivity contribution < 1.29 is 9.90 Å². The summed E-state index contributed by atoms with van der Waals surface area (Å²) in [5, 5.41) is 20.0. The van der Waals surface area contributed by atoms with E-state index in [1.807, 2.05) is 29.0 Å². The maximum Gasteiger partial charge on any atom is 0.251 e. The van der Waals surface area contributed by atoms with Crippen LogP contribution in [-0.2, 0) is 13.0 Å². The van der Waals surface area contributed by atoms with Crippen LogP contribution >= 0.6 is 11.3 Å². The van der Waals surface area contributed by atoms with Crippen molar-refractivity contribution >= 4 is 17.2 Å². The normalized spacial score (nSPS) is 15.3. The Bertz CT molecular complexity index is 625. The molecule has 1 aromatic carbocycles. The zero-order valence-electron chi connectivity index (χ0n) is 11.6. The Kier molecular flexibility index (Phi) is 4.34. The fraction of sp³-hybridized carbons (Fsp3) is 0.312. The van der Waals surface area contributed by atoms with Crippen LogP contribution < -0.4 is 10.6 Å². The van der Waals surface area contributed by atoms with Gasteiger partial charge in [0.05, 0.1) is 6.10 Å². The molecule has 2 heterocycles. The summed E-state index contributed by atoms with van der Waals surface area (Å²) < 4.78 is 0. The van der Waals surface area contributed by atoms with Crippen LogP contribution in [0.3, 0.4) is 0 Å². The van der Waals surface area contributed by atoms with Crippen LogP contribution in [-0.4, -0.2) is 24.1 Å². The smallest absolute Gasteiger partial charge is 0.251 e. The number of amides is 1. The topological polar surface area (TPSA) is 61.4 Å². The molecule has 110 valence electrons. The molecule has 1 aromatic heterocycles. The molecule has 3 N–H and O–H groups in total. The zero-order valence-corrected chi connectivity index (χ0v) is 12.5. The van der Waals surface area contributed by atoms with Crippen molar-refractivity contribution in [2.75, 3.05) is 13.1 Å². The van der Waals surface area contributed by atoms with E-state index < -0.39 is 6.10 Å². The number of fused-ring (bicyclic) bond motifs is 1. The lowest BCUT2D eigenvalue weighted by Crippen LogP contribution is -2.31. The van der Waals surface area contributed by atoms with Gasteiger partial charge in [-0.15, -0.1) is 0 Å². The number of carbonyl (C=O) groups is 1. The molecule has 0 aliphatic carbocycles. The maximum absolute atomic E-state index is 12.4. The number of aliphatic hydroxyl groups is 1. The molecule has 21 heavy (non-hydrogen) atoms. The minimum Gasteiger partial charge on any atom is -0.387 e. The Morgan fingerprint density at radius 3 is 3.14 bits per heavy atom. The van der Waals surface area contributed by atoms with Gasteiger partial charge in [-0.05, 0) is 52.5 Å². The number of carbonyl (C=O) groups excluding carboxylic acids is 1. The van der Waals surface area contributed by atoms with Gasteiger partial charge in [-0.25, -0.2) is 0 Å². The van der Waals surface area contributed by atoms with Crippen LogP contribution in [0, 0.1) is 0 Å². The van der Waals surface area contributed by atoms with E-state index in [0.717, 1.165) is 36.2 Å². The zero-order chi connectivity index (χ0) is 14.7. The molecule has 0 bridgehead atoms. The van der Waals surface area contributed by atoms with Crippen molar-refractivity contribution in [2.45, 2.75) is 19.1 Å². The van der Waals surface area contributed by atoms with Gasteiger partial charge >= 0.3 is 0 Å². The summed E-state index contributed by atoms with van der Waals surface area (Å²) in [6.07, 6.45) is 0.216. The van der Waals surface area contributed by atoms with E-state index >= 15 is 0 Å². The first-order valence-electron chi connectivity index (χ1n) is 7.05. The van der Waals surface area contributed by atoms with Crippen LogP contribution in [0.4, 0.5) is 0 Å². The predicted octanol–water partition coefficient (Wildman–Crippen LogP) is 1.86. The molecule has 0 spiro atoms. The summed E-state index contributed by atoms with van der Waals surface area (Å²) in [5.41, 5.74) is 3.89. The molecule has 3 rings (SSSR count). The second-order valence-electron chi connectivity index (χ2n) is 5.15. The van der Waals surface area contributed by atoms with Gasteiger partial charge < -0.3 is 15.7 Å². The Balaban J connectivity index is 1.68. The molecule has 1 aliphatic rings. The third-order valence-electron chi connectivity index (χ3n) is 3.77. The maximum atomic E-state index is 12.4. The summed E-state index contributed by atoms with van der Waals surface area (Å²) in [4.78, 5) is 12.4. The molecular formula is C16H18N2O2S. The fourth-order valence-corrected chi connectivity index (χ4v) is 3.32. The van der Waals surface area contributed by atoms with E-state index in [9.17, 15) is 9.90 Å². The van der Waals surface area contributed by atoms with Gasteiger partial charge in [0.1, 0.15) is 0 Å². The number of hydrogen-bond acceptors (Lipinski definition) is 4. The predicted molar refractivity (Wildman–Crippen MR) is 83.5 cm³/mol. The minimum atomic E-state index is -0.651. The molecular weight excluding hydrogens is 284 g/mol. The minimum absolute atomic E-state index is 0.108. The summed E-state index contributed by atoms with van der Waals surface area (Å²) in [6.45, 7) is 1.94. The lowest BCUT2D eigenvalue weighted by Gasteiger charge is -2.20. The van der Waals surface area contributed by atoms with E-state index in [0.29, 0.717) is 0 Å². The van der Waals surface area contributed by atoms with Crippen molar-refractivity contribution in [1.29, 1.82) is 0 Å². The largest absolute Gasteiger partial charge is 0.387 e. The average Bonchev–Trinajstić information content (AvgIpc) is 3.06. The Morgan fingerprint density at radius 1 is 1.43 bits per heavy atom. The first kappa shape index (κ1) is 14.3. The summed E-state index contributed by atoms with van der Waals surface area (Å²) in [7, 11) is 0. The number of hydrogen-bond donors (Lipinski definition) is 3. The molecule has 0 saturated carbocycles. The van der Waals surface area contributed by atoms with Crippen molar-refractivity contribution in [3.8, 4) is 0 Å². The SMILES string of the molecule is O=C(NCC(O)c1ccsc1)c1cccc2c1CCNC2.